The van der Waals surface area contributed by atoms with Gasteiger partial charge in [-0.3, -0.25) is 0 Å². The summed E-state index contributed by atoms with van der Waals surface area (Å²) >= 11 is 0. The highest BCUT2D eigenvalue weighted by molar-refractivity contribution is 5.47. The Balaban J connectivity index is 2.31. The van der Waals surface area contributed by atoms with Crippen LogP contribution in [0.1, 0.15) is 36.1 Å². The van der Waals surface area contributed by atoms with Crippen LogP contribution in [0.25, 0.3) is 0 Å². The van der Waals surface area contributed by atoms with Crippen molar-refractivity contribution in [3.63, 3.8) is 0 Å². The minimum atomic E-state index is 0.513. The number of rotatable bonds is 6. The van der Waals surface area contributed by atoms with E-state index in [0.717, 1.165) is 35.3 Å². The lowest BCUT2D eigenvalue weighted by molar-refractivity contribution is 1.03. The van der Waals surface area contributed by atoms with Crippen molar-refractivity contribution in [1.82, 2.24) is 0 Å². The van der Waals surface area contributed by atoms with Crippen LogP contribution in [0, 0.1) is 0 Å². The first-order chi connectivity index (χ1) is 10.7. The Bertz CT molecular complexity index is 560. The number of nitrogens with zero attached hydrogens (tertiary/aromatic N) is 2. The maximum absolute atomic E-state index is 5.74. The molecule has 116 valence electrons. The van der Waals surface area contributed by atoms with Crippen molar-refractivity contribution >= 4 is 11.4 Å². The van der Waals surface area contributed by atoms with Crippen LogP contribution in [0.2, 0.25) is 0 Å². The van der Waals surface area contributed by atoms with Crippen LogP contribution in [-0.4, -0.2) is 0 Å². The van der Waals surface area contributed by atoms with Crippen molar-refractivity contribution in [1.29, 1.82) is 0 Å². The zero-order valence-electron chi connectivity index (χ0n) is 13.3. The molecule has 0 unspecified atom stereocenters. The molecular weight excluding hydrogens is 272 g/mol. The molecule has 0 saturated carbocycles. The van der Waals surface area contributed by atoms with E-state index in [1.807, 2.05) is 12.1 Å². The SMILES string of the molecule is CCc1cc(CN)cc(/N=N/c2cc(CC)cc(CN)c2)c1. The Hall–Kier alpha value is -2.04. The highest BCUT2D eigenvalue weighted by atomic mass is 15.1. The normalized spacial score (nSPS) is 11.3. The van der Waals surface area contributed by atoms with Crippen LogP contribution in [0.4, 0.5) is 11.4 Å². The van der Waals surface area contributed by atoms with Crippen molar-refractivity contribution in [2.24, 2.45) is 21.7 Å². The number of azo groups is 1. The van der Waals surface area contributed by atoms with Gasteiger partial charge < -0.3 is 11.5 Å². The average Bonchev–Trinajstić information content (AvgIpc) is 2.59. The van der Waals surface area contributed by atoms with Crippen molar-refractivity contribution in [3.05, 3.63) is 58.7 Å². The molecule has 0 fully saturated rings. The molecule has 4 nitrogen and oxygen atoms in total. The second-order valence-electron chi connectivity index (χ2n) is 5.33. The van der Waals surface area contributed by atoms with Crippen molar-refractivity contribution in [2.45, 2.75) is 39.8 Å². The summed E-state index contributed by atoms with van der Waals surface area (Å²) in [5, 5.41) is 8.75. The highest BCUT2D eigenvalue weighted by Gasteiger charge is 2.01. The summed E-state index contributed by atoms with van der Waals surface area (Å²) in [6, 6.07) is 12.3. The molecule has 4 N–H and O–H groups in total. The fraction of sp³-hybridized carbons (Fsp3) is 0.333. The number of hydrogen-bond acceptors (Lipinski definition) is 4. The lowest BCUT2D eigenvalue weighted by Crippen LogP contribution is -1.97. The molecule has 0 atom stereocenters. The van der Waals surface area contributed by atoms with Crippen molar-refractivity contribution < 1.29 is 0 Å². The van der Waals surface area contributed by atoms with Gasteiger partial charge in [0.05, 0.1) is 11.4 Å². The van der Waals surface area contributed by atoms with E-state index < -0.39 is 0 Å². The zero-order valence-corrected chi connectivity index (χ0v) is 13.3. The van der Waals surface area contributed by atoms with Crippen LogP contribution < -0.4 is 11.5 Å². The van der Waals surface area contributed by atoms with E-state index in [4.69, 9.17) is 11.5 Å². The Morgan fingerprint density at radius 2 is 1.00 bits per heavy atom. The number of hydrogen-bond donors (Lipinski definition) is 2. The van der Waals surface area contributed by atoms with Gasteiger partial charge in [0.25, 0.3) is 0 Å². The van der Waals surface area contributed by atoms with Gasteiger partial charge in [-0.05, 0) is 59.4 Å². The summed E-state index contributed by atoms with van der Waals surface area (Å²) in [6.45, 7) is 5.27. The van der Waals surface area contributed by atoms with Gasteiger partial charge in [-0.2, -0.15) is 10.2 Å². The molecular formula is C18H24N4. The van der Waals surface area contributed by atoms with E-state index in [1.165, 1.54) is 11.1 Å². The van der Waals surface area contributed by atoms with E-state index >= 15 is 0 Å². The maximum atomic E-state index is 5.74. The molecule has 2 rings (SSSR count). The first-order valence-corrected chi connectivity index (χ1v) is 7.76. The summed E-state index contributed by atoms with van der Waals surface area (Å²) in [6.07, 6.45) is 1.91. The molecule has 0 aliphatic heterocycles. The van der Waals surface area contributed by atoms with Gasteiger partial charge in [0.1, 0.15) is 0 Å². The summed E-state index contributed by atoms with van der Waals surface area (Å²) in [5.41, 5.74) is 17.8. The predicted octanol–water partition coefficient (Wildman–Crippen LogP) is 4.14. The molecule has 0 aliphatic carbocycles. The van der Waals surface area contributed by atoms with Crippen LogP contribution in [-0.2, 0) is 25.9 Å². The Kier molecular flexibility index (Phi) is 5.81. The third-order valence-corrected chi connectivity index (χ3v) is 3.64. The van der Waals surface area contributed by atoms with E-state index in [0.29, 0.717) is 13.1 Å². The van der Waals surface area contributed by atoms with Gasteiger partial charge in [-0.25, -0.2) is 0 Å². The van der Waals surface area contributed by atoms with E-state index in [-0.39, 0.29) is 0 Å². The monoisotopic (exact) mass is 296 g/mol. The smallest absolute Gasteiger partial charge is 0.0863 e. The third-order valence-electron chi connectivity index (χ3n) is 3.64. The Labute approximate surface area is 132 Å². The lowest BCUT2D eigenvalue weighted by atomic mass is 10.1. The van der Waals surface area contributed by atoms with E-state index in [9.17, 15) is 0 Å². The standard InChI is InChI=1S/C18H24N4/c1-3-13-5-15(11-19)9-17(7-13)21-22-18-8-14(4-2)6-16(10-18)12-20/h5-10H,3-4,11-12,19-20H2,1-2H3/b22-21+. The van der Waals surface area contributed by atoms with Crippen molar-refractivity contribution in [3.8, 4) is 0 Å². The Morgan fingerprint density at radius 3 is 1.32 bits per heavy atom. The molecule has 22 heavy (non-hydrogen) atoms. The third kappa shape index (κ3) is 4.23. The predicted molar refractivity (Wildman–Crippen MR) is 91.6 cm³/mol. The number of nitrogens with two attached hydrogens (primary N) is 2. The Morgan fingerprint density at radius 1 is 0.636 bits per heavy atom. The molecule has 0 saturated heterocycles. The first kappa shape index (κ1) is 16.3. The van der Waals surface area contributed by atoms with Gasteiger partial charge in [0.15, 0.2) is 0 Å². The van der Waals surface area contributed by atoms with Crippen LogP contribution in [0.5, 0.6) is 0 Å². The van der Waals surface area contributed by atoms with Crippen molar-refractivity contribution in [2.75, 3.05) is 0 Å². The zero-order chi connectivity index (χ0) is 15.9. The van der Waals surface area contributed by atoms with Gasteiger partial charge in [-0.15, -0.1) is 0 Å². The topological polar surface area (TPSA) is 76.8 Å². The lowest BCUT2D eigenvalue weighted by Gasteiger charge is -2.05. The quantitative estimate of drug-likeness (QED) is 0.786. The summed E-state index contributed by atoms with van der Waals surface area (Å²) in [5.74, 6) is 0. The molecule has 0 spiro atoms. The molecule has 0 amide bonds. The fourth-order valence-electron chi connectivity index (χ4n) is 2.36. The molecule has 0 bridgehead atoms. The van der Waals surface area contributed by atoms with E-state index in [2.05, 4.69) is 48.3 Å². The van der Waals surface area contributed by atoms with Crippen LogP contribution in [0.15, 0.2) is 46.6 Å². The molecule has 2 aromatic carbocycles. The minimum Gasteiger partial charge on any atom is -0.326 e. The van der Waals surface area contributed by atoms with Gasteiger partial charge in [0, 0.05) is 13.1 Å². The molecule has 0 radical (unpaired) electrons. The molecule has 2 aromatic rings. The van der Waals surface area contributed by atoms with E-state index in [1.54, 1.807) is 0 Å². The van der Waals surface area contributed by atoms with Gasteiger partial charge >= 0.3 is 0 Å². The summed E-state index contributed by atoms with van der Waals surface area (Å²) < 4.78 is 0. The molecule has 0 aliphatic rings. The minimum absolute atomic E-state index is 0.513. The van der Waals surface area contributed by atoms with Crippen LogP contribution >= 0.6 is 0 Å². The van der Waals surface area contributed by atoms with Crippen LogP contribution in [0.3, 0.4) is 0 Å². The van der Waals surface area contributed by atoms with Gasteiger partial charge in [-0.1, -0.05) is 26.0 Å². The second kappa shape index (κ2) is 7.82. The second-order valence-corrected chi connectivity index (χ2v) is 5.33. The fourth-order valence-corrected chi connectivity index (χ4v) is 2.36. The average molecular weight is 296 g/mol. The number of aryl methyl sites for hydroxylation is 2. The first-order valence-electron chi connectivity index (χ1n) is 7.76. The molecule has 0 heterocycles. The molecule has 0 aromatic heterocycles. The summed E-state index contributed by atoms with van der Waals surface area (Å²) in [7, 11) is 0. The molecule has 4 heteroatoms. The van der Waals surface area contributed by atoms with Gasteiger partial charge in [0.2, 0.25) is 0 Å². The summed E-state index contributed by atoms with van der Waals surface area (Å²) in [4.78, 5) is 0. The number of benzene rings is 2. The largest absolute Gasteiger partial charge is 0.326 e. The highest BCUT2D eigenvalue weighted by Crippen LogP contribution is 2.23. The maximum Gasteiger partial charge on any atom is 0.0863 e.